The van der Waals surface area contributed by atoms with E-state index in [-0.39, 0.29) is 12.3 Å². The first-order valence-electron chi connectivity index (χ1n) is 8.26. The standard InChI is InChI=1S/C19H12F4N2O4/c1-3-29-19(28)18(27)15-17(26)10-11(20)12(21)13(22)14(23)16(10)25(24-15)9-6-4-8(2)5-7-9/h4-7H,3H2,1-2H3. The number of fused-ring (bicyclic) bond motifs is 1. The van der Waals surface area contributed by atoms with Crippen molar-refractivity contribution in [2.45, 2.75) is 13.8 Å². The number of aromatic nitrogens is 2. The smallest absolute Gasteiger partial charge is 0.381 e. The summed E-state index contributed by atoms with van der Waals surface area (Å²) in [6.45, 7) is 2.93. The van der Waals surface area contributed by atoms with Crippen molar-refractivity contribution in [3.05, 3.63) is 69.0 Å². The summed E-state index contributed by atoms with van der Waals surface area (Å²) in [7, 11) is 0. The monoisotopic (exact) mass is 408 g/mol. The van der Waals surface area contributed by atoms with Crippen LogP contribution < -0.4 is 5.43 Å². The van der Waals surface area contributed by atoms with Gasteiger partial charge >= 0.3 is 5.97 Å². The Morgan fingerprint density at radius 1 is 1.00 bits per heavy atom. The van der Waals surface area contributed by atoms with Crippen LogP contribution in [0.3, 0.4) is 0 Å². The minimum Gasteiger partial charge on any atom is -0.460 e. The van der Waals surface area contributed by atoms with Crippen LogP contribution in [0.4, 0.5) is 17.6 Å². The maximum atomic E-state index is 14.5. The summed E-state index contributed by atoms with van der Waals surface area (Å²) in [6, 6.07) is 5.82. The molecular weight excluding hydrogens is 396 g/mol. The van der Waals surface area contributed by atoms with E-state index in [0.717, 1.165) is 5.56 Å². The van der Waals surface area contributed by atoms with Gasteiger partial charge in [0.2, 0.25) is 5.43 Å². The molecule has 0 aliphatic rings. The lowest BCUT2D eigenvalue weighted by Crippen LogP contribution is -2.30. The molecule has 29 heavy (non-hydrogen) atoms. The molecule has 0 saturated carbocycles. The van der Waals surface area contributed by atoms with Crippen molar-refractivity contribution < 1.29 is 31.9 Å². The predicted octanol–water partition coefficient (Wildman–Crippen LogP) is 3.00. The summed E-state index contributed by atoms with van der Waals surface area (Å²) in [5, 5.41) is 2.37. The molecule has 0 radical (unpaired) electrons. The third kappa shape index (κ3) is 3.26. The minimum absolute atomic E-state index is 0.00261. The van der Waals surface area contributed by atoms with Crippen molar-refractivity contribution >= 4 is 22.7 Å². The summed E-state index contributed by atoms with van der Waals surface area (Å²) in [5.41, 5.74) is -2.94. The maximum absolute atomic E-state index is 14.5. The molecule has 1 aromatic heterocycles. The summed E-state index contributed by atoms with van der Waals surface area (Å²) >= 11 is 0. The van der Waals surface area contributed by atoms with E-state index in [1.165, 1.54) is 19.1 Å². The Hall–Kier alpha value is -3.56. The zero-order valence-corrected chi connectivity index (χ0v) is 15.1. The lowest BCUT2D eigenvalue weighted by atomic mass is 10.1. The third-order valence-corrected chi connectivity index (χ3v) is 4.05. The zero-order valence-electron chi connectivity index (χ0n) is 15.1. The number of ketones is 1. The molecule has 0 unspecified atom stereocenters. The van der Waals surface area contributed by atoms with E-state index in [1.807, 2.05) is 0 Å². The normalized spacial score (nSPS) is 11.0. The van der Waals surface area contributed by atoms with Crippen LogP contribution in [0.1, 0.15) is 23.0 Å². The highest BCUT2D eigenvalue weighted by atomic mass is 19.2. The summed E-state index contributed by atoms with van der Waals surface area (Å²) in [6.07, 6.45) is 0. The number of carbonyl (C=O) groups is 2. The largest absolute Gasteiger partial charge is 0.460 e. The first kappa shape index (κ1) is 20.2. The van der Waals surface area contributed by atoms with Crippen molar-refractivity contribution in [2.24, 2.45) is 0 Å². The van der Waals surface area contributed by atoms with Crippen LogP contribution in [-0.4, -0.2) is 28.1 Å². The van der Waals surface area contributed by atoms with Crippen molar-refractivity contribution in [3.63, 3.8) is 0 Å². The molecule has 0 saturated heterocycles. The van der Waals surface area contributed by atoms with E-state index in [9.17, 15) is 31.9 Å². The third-order valence-electron chi connectivity index (χ3n) is 4.05. The van der Waals surface area contributed by atoms with Gasteiger partial charge < -0.3 is 4.74 Å². The van der Waals surface area contributed by atoms with Crippen LogP contribution in [0.5, 0.6) is 0 Å². The number of carbonyl (C=O) groups excluding carboxylic acids is 2. The number of esters is 1. The number of Topliss-reactive ketones (excluding diaryl/α,β-unsaturated/α-hetero) is 1. The summed E-state index contributed by atoms with van der Waals surface area (Å²) < 4.78 is 61.6. The second kappa shape index (κ2) is 7.46. The van der Waals surface area contributed by atoms with Crippen LogP contribution >= 0.6 is 0 Å². The lowest BCUT2D eigenvalue weighted by Gasteiger charge is -2.14. The van der Waals surface area contributed by atoms with E-state index in [1.54, 1.807) is 19.1 Å². The van der Waals surface area contributed by atoms with E-state index < -0.39 is 57.0 Å². The molecule has 0 bridgehead atoms. The van der Waals surface area contributed by atoms with E-state index >= 15 is 0 Å². The number of rotatable bonds is 4. The van der Waals surface area contributed by atoms with Crippen molar-refractivity contribution in [1.82, 2.24) is 9.78 Å². The molecule has 1 heterocycles. The Morgan fingerprint density at radius 3 is 2.17 bits per heavy atom. The van der Waals surface area contributed by atoms with Crippen molar-refractivity contribution in [1.29, 1.82) is 0 Å². The van der Waals surface area contributed by atoms with E-state index in [2.05, 4.69) is 9.84 Å². The van der Waals surface area contributed by atoms with Crippen molar-refractivity contribution in [3.8, 4) is 5.69 Å². The maximum Gasteiger partial charge on any atom is 0.381 e. The average Bonchev–Trinajstić information content (AvgIpc) is 2.70. The molecular formula is C19H12F4N2O4. The lowest BCUT2D eigenvalue weighted by molar-refractivity contribution is -0.137. The highest BCUT2D eigenvalue weighted by Gasteiger charge is 2.31. The van der Waals surface area contributed by atoms with Crippen LogP contribution in [0, 0.1) is 30.2 Å². The number of hydrogen-bond donors (Lipinski definition) is 0. The topological polar surface area (TPSA) is 78.3 Å². The summed E-state index contributed by atoms with van der Waals surface area (Å²) in [5.74, 6) is -11.3. The SMILES string of the molecule is CCOC(=O)C(=O)c1nn(-c2ccc(C)cc2)c2c(F)c(F)c(F)c(F)c2c1=O. The quantitative estimate of drug-likeness (QED) is 0.166. The van der Waals surface area contributed by atoms with Crippen LogP contribution in [0.25, 0.3) is 16.6 Å². The second-order valence-corrected chi connectivity index (χ2v) is 5.95. The summed E-state index contributed by atoms with van der Waals surface area (Å²) in [4.78, 5) is 36.5. The highest BCUT2D eigenvalue weighted by molar-refractivity contribution is 6.40. The average molecular weight is 408 g/mol. The molecule has 0 aliphatic heterocycles. The van der Waals surface area contributed by atoms with Gasteiger partial charge in [-0.1, -0.05) is 17.7 Å². The Labute approximate surface area is 160 Å². The van der Waals surface area contributed by atoms with E-state index in [0.29, 0.717) is 4.68 Å². The van der Waals surface area contributed by atoms with Gasteiger partial charge in [-0.2, -0.15) is 5.10 Å². The van der Waals surface area contributed by atoms with Gasteiger partial charge in [-0.15, -0.1) is 0 Å². The molecule has 0 N–H and O–H groups in total. The number of nitrogens with zero attached hydrogens (tertiary/aromatic N) is 2. The van der Waals surface area contributed by atoms with Gasteiger partial charge in [-0.05, 0) is 26.0 Å². The molecule has 0 spiro atoms. The minimum atomic E-state index is -2.23. The fourth-order valence-electron chi connectivity index (χ4n) is 2.65. The number of halogens is 4. The highest BCUT2D eigenvalue weighted by Crippen LogP contribution is 2.26. The van der Waals surface area contributed by atoms with Gasteiger partial charge in [0.1, 0.15) is 5.52 Å². The van der Waals surface area contributed by atoms with Gasteiger partial charge in [-0.25, -0.2) is 27.0 Å². The Bertz CT molecular complexity index is 1220. The molecule has 0 fully saturated rings. The Morgan fingerprint density at radius 2 is 1.59 bits per heavy atom. The van der Waals surface area contributed by atoms with Crippen LogP contribution in [0.2, 0.25) is 0 Å². The molecule has 10 heteroatoms. The number of ether oxygens (including phenoxy) is 1. The predicted molar refractivity (Wildman–Crippen MR) is 92.9 cm³/mol. The molecule has 0 aliphatic carbocycles. The molecule has 0 amide bonds. The van der Waals surface area contributed by atoms with Gasteiger partial charge in [0, 0.05) is 0 Å². The first-order chi connectivity index (χ1) is 13.7. The fraction of sp³-hybridized carbons (Fsp3) is 0.158. The first-order valence-corrected chi connectivity index (χ1v) is 8.26. The molecule has 3 rings (SSSR count). The van der Waals surface area contributed by atoms with Gasteiger partial charge in [-0.3, -0.25) is 9.59 Å². The number of hydrogen-bond acceptors (Lipinski definition) is 5. The fourth-order valence-corrected chi connectivity index (χ4v) is 2.65. The molecule has 3 aromatic rings. The van der Waals surface area contributed by atoms with Gasteiger partial charge in [0.05, 0.1) is 17.7 Å². The molecule has 0 atom stereocenters. The Balaban J connectivity index is 2.49. The van der Waals surface area contributed by atoms with E-state index in [4.69, 9.17) is 0 Å². The van der Waals surface area contributed by atoms with Crippen LogP contribution in [-0.2, 0) is 9.53 Å². The van der Waals surface area contributed by atoms with Gasteiger partial charge in [0.25, 0.3) is 5.78 Å². The second-order valence-electron chi connectivity index (χ2n) is 5.95. The number of benzene rings is 2. The van der Waals surface area contributed by atoms with Crippen LogP contribution in [0.15, 0.2) is 29.1 Å². The molecule has 2 aromatic carbocycles. The Kier molecular flexibility index (Phi) is 5.19. The van der Waals surface area contributed by atoms with Crippen molar-refractivity contribution in [2.75, 3.05) is 6.61 Å². The number of aryl methyl sites for hydroxylation is 1. The van der Waals surface area contributed by atoms with Gasteiger partial charge in [0.15, 0.2) is 29.0 Å². The zero-order chi connectivity index (χ0) is 21.5. The molecule has 150 valence electrons. The molecule has 6 nitrogen and oxygen atoms in total.